The molecule has 0 aromatic heterocycles. The monoisotopic (exact) mass is 1130 g/mol. The molecule has 0 saturated heterocycles. The van der Waals surface area contributed by atoms with E-state index in [4.69, 9.17) is 4.74 Å². The van der Waals surface area contributed by atoms with E-state index >= 15 is 0 Å². The van der Waals surface area contributed by atoms with Gasteiger partial charge in [-0.2, -0.15) is 0 Å². The quantitative estimate of drug-likeness (QED) is 0.0320. The van der Waals surface area contributed by atoms with E-state index in [2.05, 4.69) is 31.3 Å². The summed E-state index contributed by atoms with van der Waals surface area (Å²) in [6.07, 6.45) is 88.5. The summed E-state index contributed by atoms with van der Waals surface area (Å²) in [5.74, 6) is -0.0502. The van der Waals surface area contributed by atoms with Gasteiger partial charge in [0, 0.05) is 12.8 Å². The Morgan fingerprint density at radius 3 is 0.925 bits per heavy atom. The minimum atomic E-state index is -0.843. The summed E-state index contributed by atoms with van der Waals surface area (Å²) >= 11 is 0. The van der Waals surface area contributed by atoms with Gasteiger partial charge < -0.3 is 20.3 Å². The Hall–Kier alpha value is -1.66. The Morgan fingerprint density at radius 2 is 0.600 bits per heavy atom. The van der Waals surface area contributed by atoms with E-state index in [1.165, 1.54) is 340 Å². The van der Waals surface area contributed by atoms with E-state index in [1.54, 1.807) is 6.08 Å². The number of nitrogens with one attached hydrogen (secondary N) is 1. The van der Waals surface area contributed by atoms with Gasteiger partial charge in [0.05, 0.1) is 25.4 Å². The number of aliphatic hydroxyl groups is 2. The Bertz CT molecular complexity index is 1250. The van der Waals surface area contributed by atoms with Crippen LogP contribution in [0.2, 0.25) is 0 Å². The van der Waals surface area contributed by atoms with Crippen LogP contribution in [0.3, 0.4) is 0 Å². The molecule has 0 aromatic carbocycles. The molecule has 2 unspecified atom stereocenters. The average molecular weight is 1130 g/mol. The van der Waals surface area contributed by atoms with Gasteiger partial charge in [-0.1, -0.05) is 372 Å². The van der Waals surface area contributed by atoms with Crippen molar-refractivity contribution in [2.24, 2.45) is 0 Å². The number of carbonyl (C=O) groups excluding carboxylic acids is 2. The van der Waals surface area contributed by atoms with Crippen molar-refractivity contribution in [3.8, 4) is 0 Å². The molecule has 3 N–H and O–H groups in total. The fourth-order valence-corrected chi connectivity index (χ4v) is 11.6. The van der Waals surface area contributed by atoms with Crippen LogP contribution in [-0.4, -0.2) is 47.4 Å². The van der Waals surface area contributed by atoms with Crippen molar-refractivity contribution in [2.45, 2.75) is 424 Å². The number of ether oxygens (including phenoxy) is 1. The maximum atomic E-state index is 12.5. The molecule has 0 aromatic rings. The zero-order valence-corrected chi connectivity index (χ0v) is 54.3. The molecule has 0 spiro atoms. The van der Waals surface area contributed by atoms with Gasteiger partial charge in [0.25, 0.3) is 0 Å². The first-order chi connectivity index (χ1) is 39.5. The Balaban J connectivity index is 3.37. The van der Waals surface area contributed by atoms with Gasteiger partial charge in [0.15, 0.2) is 0 Å². The van der Waals surface area contributed by atoms with Crippen molar-refractivity contribution in [3.05, 3.63) is 24.3 Å². The number of amides is 1. The smallest absolute Gasteiger partial charge is 0.305 e. The lowest BCUT2D eigenvalue weighted by Gasteiger charge is -2.20. The Kier molecular flexibility index (Phi) is 68.4. The number of aliphatic hydroxyl groups excluding tert-OH is 2. The van der Waals surface area contributed by atoms with E-state index in [-0.39, 0.29) is 18.5 Å². The summed E-state index contributed by atoms with van der Waals surface area (Å²) in [4.78, 5) is 24.5. The molecule has 0 aliphatic carbocycles. The molecule has 0 rings (SSSR count). The highest BCUT2D eigenvalue weighted by atomic mass is 16.5. The van der Waals surface area contributed by atoms with Crippen LogP contribution in [0.5, 0.6) is 0 Å². The molecule has 0 saturated carbocycles. The second-order valence-electron chi connectivity index (χ2n) is 25.3. The number of esters is 1. The second-order valence-corrected chi connectivity index (χ2v) is 25.3. The highest BCUT2D eigenvalue weighted by Crippen LogP contribution is 2.19. The molecule has 0 bridgehead atoms. The summed E-state index contributed by atoms with van der Waals surface area (Å²) < 4.78 is 5.47. The number of hydrogen-bond donors (Lipinski definition) is 3. The predicted molar refractivity (Wildman–Crippen MR) is 352 cm³/mol. The van der Waals surface area contributed by atoms with Gasteiger partial charge in [-0.25, -0.2) is 0 Å². The first kappa shape index (κ1) is 78.3. The van der Waals surface area contributed by atoms with Gasteiger partial charge in [0.2, 0.25) is 5.91 Å². The number of carbonyl (C=O) groups is 2. The molecule has 0 aliphatic rings. The van der Waals surface area contributed by atoms with Gasteiger partial charge in [-0.05, 0) is 51.4 Å². The number of rotatable bonds is 69. The number of unbranched alkanes of at least 4 members (excludes halogenated alkanes) is 56. The summed E-state index contributed by atoms with van der Waals surface area (Å²) in [6, 6.07) is -0.626. The van der Waals surface area contributed by atoms with Crippen LogP contribution < -0.4 is 5.32 Å². The van der Waals surface area contributed by atoms with E-state index in [0.717, 1.165) is 44.9 Å². The maximum Gasteiger partial charge on any atom is 0.305 e. The molecule has 2 atom stereocenters. The average Bonchev–Trinajstić information content (AvgIpc) is 3.46. The van der Waals surface area contributed by atoms with Crippen LogP contribution >= 0.6 is 0 Å². The fourth-order valence-electron chi connectivity index (χ4n) is 11.6. The van der Waals surface area contributed by atoms with Crippen LogP contribution in [0.15, 0.2) is 24.3 Å². The summed E-state index contributed by atoms with van der Waals surface area (Å²) in [5, 5.41) is 23.3. The highest BCUT2D eigenvalue weighted by molar-refractivity contribution is 5.76. The van der Waals surface area contributed by atoms with Crippen LogP contribution in [0.25, 0.3) is 0 Å². The summed E-state index contributed by atoms with van der Waals surface area (Å²) in [7, 11) is 0. The van der Waals surface area contributed by atoms with Gasteiger partial charge >= 0.3 is 5.97 Å². The summed E-state index contributed by atoms with van der Waals surface area (Å²) in [5.41, 5.74) is 0. The fraction of sp³-hybridized carbons (Fsp3) is 0.919. The molecule has 0 radical (unpaired) electrons. The van der Waals surface area contributed by atoms with Crippen LogP contribution in [-0.2, 0) is 14.3 Å². The third-order valence-corrected chi connectivity index (χ3v) is 17.2. The Morgan fingerprint density at radius 1 is 0.338 bits per heavy atom. The second kappa shape index (κ2) is 69.8. The molecule has 0 aliphatic heterocycles. The maximum absolute atomic E-state index is 12.5. The van der Waals surface area contributed by atoms with Crippen molar-refractivity contribution in [1.82, 2.24) is 5.32 Å². The van der Waals surface area contributed by atoms with E-state index in [1.807, 2.05) is 6.08 Å². The molecule has 6 nitrogen and oxygen atoms in total. The molecule has 0 fully saturated rings. The zero-order valence-electron chi connectivity index (χ0n) is 54.3. The zero-order chi connectivity index (χ0) is 57.8. The topological polar surface area (TPSA) is 95.9 Å². The predicted octanol–water partition coefficient (Wildman–Crippen LogP) is 23.7. The minimum absolute atomic E-state index is 0.00929. The normalized spacial score (nSPS) is 12.6. The van der Waals surface area contributed by atoms with E-state index in [9.17, 15) is 19.8 Å². The molecule has 6 heteroatoms. The van der Waals surface area contributed by atoms with Crippen molar-refractivity contribution in [1.29, 1.82) is 0 Å². The van der Waals surface area contributed by atoms with Crippen molar-refractivity contribution >= 4 is 11.9 Å². The largest absolute Gasteiger partial charge is 0.466 e. The molecular formula is C74H143NO5. The van der Waals surface area contributed by atoms with E-state index in [0.29, 0.717) is 19.4 Å². The lowest BCUT2D eigenvalue weighted by Crippen LogP contribution is -2.45. The molecule has 1 amide bonds. The highest BCUT2D eigenvalue weighted by Gasteiger charge is 2.18. The first-order valence-corrected chi connectivity index (χ1v) is 36.6. The standard InChI is InChI=1S/C74H143NO5/c1-3-5-7-9-11-13-15-16-17-18-19-20-31-34-37-40-43-47-50-54-58-62-66-72(77)71(70-76)75-73(78)67-63-59-55-51-48-44-41-38-35-32-29-27-25-23-21-22-24-26-28-30-33-36-39-42-45-49-53-57-61-65-69-80-74(79)68-64-60-56-52-46-14-12-10-8-6-4-2/h10,12,62,66,71-72,76-77H,3-9,11,13-61,63-65,67-70H2,1-2H3,(H,75,78)/b12-10-,66-62+. The van der Waals surface area contributed by atoms with Crippen molar-refractivity contribution in [3.63, 3.8) is 0 Å². The molecular weight excluding hydrogens is 983 g/mol. The van der Waals surface area contributed by atoms with Gasteiger partial charge in [-0.15, -0.1) is 0 Å². The Labute approximate surface area is 501 Å². The van der Waals surface area contributed by atoms with Gasteiger partial charge in [0.1, 0.15) is 0 Å². The third-order valence-electron chi connectivity index (χ3n) is 17.2. The van der Waals surface area contributed by atoms with Crippen LogP contribution in [0.4, 0.5) is 0 Å². The van der Waals surface area contributed by atoms with Crippen LogP contribution in [0.1, 0.15) is 412 Å². The minimum Gasteiger partial charge on any atom is -0.466 e. The molecule has 474 valence electrons. The van der Waals surface area contributed by atoms with Crippen molar-refractivity contribution in [2.75, 3.05) is 13.2 Å². The van der Waals surface area contributed by atoms with Gasteiger partial charge in [-0.3, -0.25) is 9.59 Å². The third kappa shape index (κ3) is 65.5. The lowest BCUT2D eigenvalue weighted by molar-refractivity contribution is -0.143. The van der Waals surface area contributed by atoms with Crippen molar-refractivity contribution < 1.29 is 24.5 Å². The lowest BCUT2D eigenvalue weighted by atomic mass is 10.0. The number of allylic oxidation sites excluding steroid dienone is 3. The van der Waals surface area contributed by atoms with E-state index < -0.39 is 12.1 Å². The first-order valence-electron chi connectivity index (χ1n) is 36.6. The summed E-state index contributed by atoms with van der Waals surface area (Å²) in [6.45, 7) is 4.91. The molecule has 80 heavy (non-hydrogen) atoms. The molecule has 0 heterocycles. The number of hydrogen-bond acceptors (Lipinski definition) is 5. The van der Waals surface area contributed by atoms with Crippen LogP contribution in [0, 0.1) is 0 Å². The SMILES string of the molecule is CCCC/C=C\CCCCCCCC(=O)OCCCCCCCCCCCCCCCCCCCCCCCCCCCCCCCCC(=O)NC(CO)C(O)/C=C/CCCCCCCCCCCCCCCCCCCCCC.